The first kappa shape index (κ1) is 27.0. The number of amides is 1. The number of carbonyl (C=O) groups excluding carboxylic acids is 1. The number of hydrogen-bond donors (Lipinski definition) is 0. The minimum atomic E-state index is -2.25. The second-order valence-corrected chi connectivity index (χ2v) is 14.8. The van der Waals surface area contributed by atoms with Crippen LogP contribution in [-0.2, 0) is 10.8 Å². The van der Waals surface area contributed by atoms with Crippen molar-refractivity contribution in [2.45, 2.75) is 44.8 Å². The lowest BCUT2D eigenvalue weighted by Crippen LogP contribution is -2.50. The van der Waals surface area contributed by atoms with Crippen LogP contribution >= 0.6 is 0 Å². The van der Waals surface area contributed by atoms with Gasteiger partial charge in [-0.1, -0.05) is 82.3 Å². The SMILES string of the molecule is CC(C)[Si](Cc1ccc(-c2ccccc2C#N)cc1)(Oc1ccc(/C=C/C(=O)N(C)C)cc1)C(C)C. The van der Waals surface area contributed by atoms with Gasteiger partial charge in [-0.25, -0.2) is 0 Å². The highest BCUT2D eigenvalue weighted by Gasteiger charge is 2.44. The van der Waals surface area contributed by atoms with Crippen molar-refractivity contribution in [1.29, 1.82) is 5.26 Å². The molecule has 3 aromatic carbocycles. The molecule has 0 unspecified atom stereocenters. The zero-order valence-corrected chi connectivity index (χ0v) is 23.2. The predicted molar refractivity (Wildman–Crippen MR) is 151 cm³/mol. The highest BCUT2D eigenvalue weighted by atomic mass is 28.4. The van der Waals surface area contributed by atoms with Crippen molar-refractivity contribution < 1.29 is 9.22 Å². The van der Waals surface area contributed by atoms with Gasteiger partial charge < -0.3 is 9.33 Å². The van der Waals surface area contributed by atoms with E-state index in [1.54, 1.807) is 25.1 Å². The van der Waals surface area contributed by atoms with Crippen LogP contribution in [0.2, 0.25) is 11.1 Å². The van der Waals surface area contributed by atoms with Gasteiger partial charge in [-0.2, -0.15) is 5.26 Å². The third kappa shape index (κ3) is 6.33. The maximum Gasteiger partial charge on any atom is 0.260 e. The van der Waals surface area contributed by atoms with Crippen molar-refractivity contribution in [2.75, 3.05) is 14.1 Å². The number of carbonyl (C=O) groups is 1. The van der Waals surface area contributed by atoms with Crippen LogP contribution in [0, 0.1) is 11.3 Å². The van der Waals surface area contributed by atoms with E-state index in [2.05, 4.69) is 58.0 Å². The van der Waals surface area contributed by atoms with Gasteiger partial charge in [-0.3, -0.25) is 4.79 Å². The highest BCUT2D eigenvalue weighted by molar-refractivity contribution is 6.76. The number of benzene rings is 3. The van der Waals surface area contributed by atoms with Gasteiger partial charge in [-0.05, 0) is 57.6 Å². The molecule has 0 saturated heterocycles. The Morgan fingerprint density at radius 3 is 2.11 bits per heavy atom. The van der Waals surface area contributed by atoms with E-state index in [1.807, 2.05) is 54.6 Å². The molecule has 0 N–H and O–H groups in total. The Balaban J connectivity index is 1.84. The summed E-state index contributed by atoms with van der Waals surface area (Å²) in [5.41, 5.74) is 5.74. The molecule has 36 heavy (non-hydrogen) atoms. The van der Waals surface area contributed by atoms with Crippen LogP contribution in [0.5, 0.6) is 5.75 Å². The van der Waals surface area contributed by atoms with Gasteiger partial charge in [0.15, 0.2) is 0 Å². The molecule has 0 bridgehead atoms. The van der Waals surface area contributed by atoms with Gasteiger partial charge in [0.25, 0.3) is 8.32 Å². The fraction of sp³-hybridized carbons (Fsp3) is 0.290. The lowest BCUT2D eigenvalue weighted by Gasteiger charge is -2.39. The molecule has 0 aliphatic rings. The summed E-state index contributed by atoms with van der Waals surface area (Å²) in [6, 6.07) is 27.5. The molecule has 4 nitrogen and oxygen atoms in total. The second kappa shape index (κ2) is 11.9. The van der Waals surface area contributed by atoms with Gasteiger partial charge >= 0.3 is 0 Å². The quantitative estimate of drug-likeness (QED) is 0.231. The Morgan fingerprint density at radius 2 is 1.56 bits per heavy atom. The Labute approximate surface area is 217 Å². The van der Waals surface area contributed by atoms with Crippen molar-refractivity contribution >= 4 is 20.3 Å². The average molecular weight is 497 g/mol. The van der Waals surface area contributed by atoms with E-state index in [0.717, 1.165) is 28.5 Å². The summed E-state index contributed by atoms with van der Waals surface area (Å²) in [4.78, 5) is 13.4. The maximum atomic E-state index is 11.8. The van der Waals surface area contributed by atoms with Crippen molar-refractivity contribution in [1.82, 2.24) is 4.90 Å². The van der Waals surface area contributed by atoms with Crippen molar-refractivity contribution in [3.63, 3.8) is 0 Å². The Kier molecular flexibility index (Phi) is 8.90. The molecule has 1 amide bonds. The molecule has 0 aliphatic carbocycles. The Bertz CT molecular complexity index is 1230. The molecule has 0 fully saturated rings. The Morgan fingerprint density at radius 1 is 0.944 bits per heavy atom. The largest absolute Gasteiger partial charge is 0.543 e. The van der Waals surface area contributed by atoms with E-state index in [0.29, 0.717) is 16.6 Å². The minimum absolute atomic E-state index is 0.0384. The van der Waals surface area contributed by atoms with Crippen LogP contribution in [-0.4, -0.2) is 33.2 Å². The topological polar surface area (TPSA) is 53.3 Å². The third-order valence-electron chi connectivity index (χ3n) is 6.79. The van der Waals surface area contributed by atoms with Gasteiger partial charge in [0, 0.05) is 26.2 Å². The highest BCUT2D eigenvalue weighted by Crippen LogP contribution is 2.38. The monoisotopic (exact) mass is 496 g/mol. The fourth-order valence-corrected chi connectivity index (χ4v) is 8.63. The molecule has 186 valence electrons. The van der Waals surface area contributed by atoms with E-state index in [-0.39, 0.29) is 5.91 Å². The standard InChI is InChI=1S/C31H36N2O2Si/c1-23(2)36(24(3)4,35-29-18-13-25(14-19-29)15-20-31(34)33(5)6)22-26-11-16-27(17-12-26)30-10-8-7-9-28(30)21-32/h7-20,23-24H,22H2,1-6H3/b20-15+. The van der Waals surface area contributed by atoms with Crippen LogP contribution in [0.4, 0.5) is 0 Å². The Hall–Kier alpha value is -3.62. The van der Waals surface area contributed by atoms with Crippen molar-refractivity contribution in [3.05, 3.63) is 95.6 Å². The summed E-state index contributed by atoms with van der Waals surface area (Å²) in [7, 11) is 1.23. The predicted octanol–water partition coefficient (Wildman–Crippen LogP) is 7.25. The summed E-state index contributed by atoms with van der Waals surface area (Å²) < 4.78 is 6.90. The van der Waals surface area contributed by atoms with Gasteiger partial charge in [-0.15, -0.1) is 0 Å². The smallest absolute Gasteiger partial charge is 0.260 e. The molecule has 0 saturated carbocycles. The first-order valence-corrected chi connectivity index (χ1v) is 14.7. The summed E-state index contributed by atoms with van der Waals surface area (Å²) in [5.74, 6) is 0.836. The summed E-state index contributed by atoms with van der Waals surface area (Å²) in [6.45, 7) is 9.09. The zero-order chi connectivity index (χ0) is 26.3. The van der Waals surface area contributed by atoms with Crippen LogP contribution < -0.4 is 4.43 Å². The first-order chi connectivity index (χ1) is 17.2. The van der Waals surface area contributed by atoms with Gasteiger partial charge in [0.2, 0.25) is 5.91 Å². The summed E-state index contributed by atoms with van der Waals surface area (Å²) >= 11 is 0. The normalized spacial score (nSPS) is 11.6. The van der Waals surface area contributed by atoms with Crippen LogP contribution in [0.3, 0.4) is 0 Å². The van der Waals surface area contributed by atoms with E-state index in [1.165, 1.54) is 5.56 Å². The first-order valence-electron chi connectivity index (χ1n) is 12.4. The lowest BCUT2D eigenvalue weighted by molar-refractivity contribution is -0.123. The third-order valence-corrected chi connectivity index (χ3v) is 12.3. The molecule has 5 heteroatoms. The van der Waals surface area contributed by atoms with Crippen LogP contribution in [0.1, 0.15) is 44.4 Å². The molecule has 0 aromatic heterocycles. The van der Waals surface area contributed by atoms with E-state index in [9.17, 15) is 10.1 Å². The minimum Gasteiger partial charge on any atom is -0.543 e. The number of likely N-dealkylation sites (N-methyl/N-ethyl adjacent to an activating group) is 1. The van der Waals surface area contributed by atoms with Gasteiger partial charge in [0.1, 0.15) is 5.75 Å². The lowest BCUT2D eigenvalue weighted by atomic mass is 10.00. The molecule has 0 heterocycles. The summed E-state index contributed by atoms with van der Waals surface area (Å²) in [5, 5.41) is 9.46. The number of hydrogen-bond acceptors (Lipinski definition) is 3. The maximum absolute atomic E-state index is 11.8. The van der Waals surface area contributed by atoms with Crippen molar-refractivity contribution in [3.8, 4) is 22.9 Å². The molecule has 0 aliphatic heterocycles. The molecular formula is C31H36N2O2Si. The van der Waals surface area contributed by atoms with Crippen LogP contribution in [0.25, 0.3) is 17.2 Å². The van der Waals surface area contributed by atoms with Crippen LogP contribution in [0.15, 0.2) is 78.9 Å². The van der Waals surface area contributed by atoms with E-state index in [4.69, 9.17) is 4.43 Å². The molecule has 0 spiro atoms. The van der Waals surface area contributed by atoms with E-state index >= 15 is 0 Å². The molecular weight excluding hydrogens is 460 g/mol. The number of nitriles is 1. The van der Waals surface area contributed by atoms with Crippen molar-refractivity contribution in [2.24, 2.45) is 0 Å². The summed E-state index contributed by atoms with van der Waals surface area (Å²) in [6.07, 6.45) is 3.41. The molecule has 3 aromatic rings. The average Bonchev–Trinajstić information content (AvgIpc) is 2.87. The number of nitrogens with zero attached hydrogens (tertiary/aromatic N) is 2. The second-order valence-electron chi connectivity index (χ2n) is 10.0. The molecule has 3 rings (SSSR count). The van der Waals surface area contributed by atoms with E-state index < -0.39 is 8.32 Å². The van der Waals surface area contributed by atoms with Gasteiger partial charge in [0.05, 0.1) is 11.6 Å². The molecule has 0 atom stereocenters. The number of rotatable bonds is 9. The zero-order valence-electron chi connectivity index (χ0n) is 22.2. The fourth-order valence-electron chi connectivity index (χ4n) is 4.48. The molecule has 0 radical (unpaired) electrons.